The number of aromatic nitrogens is 2. The first kappa shape index (κ1) is 11.4. The molecule has 6 heteroatoms. The Morgan fingerprint density at radius 3 is 2.81 bits per heavy atom. The lowest BCUT2D eigenvalue weighted by atomic mass is 9.97. The quantitative estimate of drug-likeness (QED) is 0.823. The molecule has 1 heterocycles. The maximum Gasteiger partial charge on any atom is 0.389 e. The predicted octanol–water partition coefficient (Wildman–Crippen LogP) is 2.24. The first-order chi connectivity index (χ1) is 7.46. The van der Waals surface area contributed by atoms with Crippen LogP contribution in [0.3, 0.4) is 0 Å². The number of H-pyrrole nitrogens is 1. The van der Waals surface area contributed by atoms with Crippen molar-refractivity contribution < 1.29 is 13.2 Å². The Morgan fingerprint density at radius 2 is 2.19 bits per heavy atom. The Labute approximate surface area is 91.2 Å². The zero-order chi connectivity index (χ0) is 11.8. The summed E-state index contributed by atoms with van der Waals surface area (Å²) in [5, 5.41) is 0. The molecular formula is C10H14F3N3. The molecule has 1 atom stereocenters. The molecule has 1 aliphatic rings. The molecule has 0 aromatic carbocycles. The summed E-state index contributed by atoms with van der Waals surface area (Å²) in [5.74, 6) is 0.402. The van der Waals surface area contributed by atoms with E-state index in [9.17, 15) is 13.2 Å². The summed E-state index contributed by atoms with van der Waals surface area (Å²) in [4.78, 5) is 7.10. The Balaban J connectivity index is 2.07. The normalized spacial score (nSPS) is 20.9. The van der Waals surface area contributed by atoms with Crippen molar-refractivity contribution in [1.29, 1.82) is 0 Å². The summed E-state index contributed by atoms with van der Waals surface area (Å²) in [7, 11) is 0. The van der Waals surface area contributed by atoms with E-state index in [2.05, 4.69) is 9.97 Å². The van der Waals surface area contributed by atoms with Gasteiger partial charge in [-0.25, -0.2) is 4.98 Å². The van der Waals surface area contributed by atoms with E-state index in [0.29, 0.717) is 5.82 Å². The largest absolute Gasteiger partial charge is 0.389 e. The van der Waals surface area contributed by atoms with Crippen LogP contribution in [0.15, 0.2) is 0 Å². The summed E-state index contributed by atoms with van der Waals surface area (Å²) in [6, 6.07) is -0.125. The van der Waals surface area contributed by atoms with Gasteiger partial charge in [-0.05, 0) is 19.3 Å². The van der Waals surface area contributed by atoms with Crippen molar-refractivity contribution in [3.05, 3.63) is 17.2 Å². The third kappa shape index (κ3) is 2.55. The van der Waals surface area contributed by atoms with Crippen molar-refractivity contribution in [2.75, 3.05) is 0 Å². The molecule has 90 valence electrons. The Morgan fingerprint density at radius 1 is 1.44 bits per heavy atom. The molecule has 0 bridgehead atoms. The van der Waals surface area contributed by atoms with Crippen LogP contribution in [0.1, 0.15) is 42.5 Å². The fourth-order valence-electron chi connectivity index (χ4n) is 1.99. The minimum atomic E-state index is -4.13. The van der Waals surface area contributed by atoms with E-state index in [4.69, 9.17) is 5.73 Å². The van der Waals surface area contributed by atoms with Gasteiger partial charge in [0.1, 0.15) is 5.82 Å². The number of aromatic amines is 1. The minimum absolute atomic E-state index is 0.0940. The summed E-state index contributed by atoms with van der Waals surface area (Å²) in [6.45, 7) is 0. The molecule has 0 amide bonds. The van der Waals surface area contributed by atoms with Gasteiger partial charge in [-0.1, -0.05) is 0 Å². The Hall–Kier alpha value is -1.04. The van der Waals surface area contributed by atoms with E-state index in [0.717, 1.165) is 30.7 Å². The molecule has 0 fully saturated rings. The fourth-order valence-corrected chi connectivity index (χ4v) is 1.99. The van der Waals surface area contributed by atoms with Gasteiger partial charge in [-0.2, -0.15) is 13.2 Å². The number of fused-ring (bicyclic) bond motifs is 1. The molecule has 16 heavy (non-hydrogen) atoms. The summed E-state index contributed by atoms with van der Waals surface area (Å²) in [6.07, 6.45) is -2.40. The molecule has 3 N–H and O–H groups in total. The van der Waals surface area contributed by atoms with Crippen LogP contribution in [0.5, 0.6) is 0 Å². The standard InChI is InChI=1S/C10H14F3N3/c11-10(12,13)5-4-8-15-7-3-1-2-6(14)9(7)16-8/h6H,1-5,14H2,(H,15,16). The van der Waals surface area contributed by atoms with E-state index in [1.54, 1.807) is 0 Å². The molecule has 1 aliphatic carbocycles. The van der Waals surface area contributed by atoms with E-state index in [1.165, 1.54) is 0 Å². The third-order valence-electron chi connectivity index (χ3n) is 2.80. The molecular weight excluding hydrogens is 219 g/mol. The second-order valence-electron chi connectivity index (χ2n) is 4.16. The second-order valence-corrected chi connectivity index (χ2v) is 4.16. The van der Waals surface area contributed by atoms with Gasteiger partial charge in [0.15, 0.2) is 0 Å². The number of hydrogen-bond acceptors (Lipinski definition) is 2. The third-order valence-corrected chi connectivity index (χ3v) is 2.80. The number of nitrogens with two attached hydrogens (primary N) is 1. The van der Waals surface area contributed by atoms with Gasteiger partial charge >= 0.3 is 6.18 Å². The summed E-state index contributed by atoms with van der Waals surface area (Å²) in [5.41, 5.74) is 7.50. The Bertz CT molecular complexity index is 370. The highest BCUT2D eigenvalue weighted by Crippen LogP contribution is 2.27. The van der Waals surface area contributed by atoms with Crippen LogP contribution in [-0.2, 0) is 12.8 Å². The number of nitrogens with one attached hydrogen (secondary N) is 1. The van der Waals surface area contributed by atoms with Crippen LogP contribution in [0, 0.1) is 0 Å². The van der Waals surface area contributed by atoms with Crippen LogP contribution < -0.4 is 5.73 Å². The van der Waals surface area contributed by atoms with Crippen LogP contribution in [0.25, 0.3) is 0 Å². The lowest BCUT2D eigenvalue weighted by Gasteiger charge is -2.15. The van der Waals surface area contributed by atoms with E-state index in [-0.39, 0.29) is 12.5 Å². The number of aryl methyl sites for hydroxylation is 2. The maximum absolute atomic E-state index is 12.0. The molecule has 0 saturated heterocycles. The zero-order valence-corrected chi connectivity index (χ0v) is 8.77. The first-order valence-corrected chi connectivity index (χ1v) is 5.36. The molecule has 0 saturated carbocycles. The molecule has 3 nitrogen and oxygen atoms in total. The van der Waals surface area contributed by atoms with E-state index >= 15 is 0 Å². The summed E-state index contributed by atoms with van der Waals surface area (Å²) < 4.78 is 36.1. The lowest BCUT2D eigenvalue weighted by molar-refractivity contribution is -0.134. The van der Waals surface area contributed by atoms with Gasteiger partial charge in [0.2, 0.25) is 0 Å². The van der Waals surface area contributed by atoms with Gasteiger partial charge in [0.05, 0.1) is 12.1 Å². The molecule has 1 aromatic rings. The smallest absolute Gasteiger partial charge is 0.346 e. The monoisotopic (exact) mass is 233 g/mol. The van der Waals surface area contributed by atoms with E-state index < -0.39 is 12.6 Å². The van der Waals surface area contributed by atoms with Crippen LogP contribution >= 0.6 is 0 Å². The van der Waals surface area contributed by atoms with Gasteiger partial charge < -0.3 is 10.7 Å². The first-order valence-electron chi connectivity index (χ1n) is 5.36. The zero-order valence-electron chi connectivity index (χ0n) is 8.77. The van der Waals surface area contributed by atoms with Crippen LogP contribution in [0.2, 0.25) is 0 Å². The maximum atomic E-state index is 12.0. The molecule has 2 rings (SSSR count). The number of rotatable bonds is 2. The number of alkyl halides is 3. The second kappa shape index (κ2) is 4.08. The highest BCUT2D eigenvalue weighted by atomic mass is 19.4. The molecule has 1 aromatic heterocycles. The number of halogens is 3. The van der Waals surface area contributed by atoms with Crippen LogP contribution in [-0.4, -0.2) is 16.1 Å². The predicted molar refractivity (Wildman–Crippen MR) is 52.8 cm³/mol. The van der Waals surface area contributed by atoms with Crippen molar-refractivity contribution in [3.8, 4) is 0 Å². The molecule has 0 spiro atoms. The van der Waals surface area contributed by atoms with Crippen molar-refractivity contribution in [3.63, 3.8) is 0 Å². The van der Waals surface area contributed by atoms with Crippen molar-refractivity contribution in [2.24, 2.45) is 5.73 Å². The van der Waals surface area contributed by atoms with Gasteiger partial charge in [-0.3, -0.25) is 0 Å². The van der Waals surface area contributed by atoms with Gasteiger partial charge in [0, 0.05) is 18.2 Å². The fraction of sp³-hybridized carbons (Fsp3) is 0.700. The van der Waals surface area contributed by atoms with Crippen molar-refractivity contribution in [2.45, 2.75) is 44.3 Å². The lowest BCUT2D eigenvalue weighted by Crippen LogP contribution is -2.17. The molecule has 1 unspecified atom stereocenters. The van der Waals surface area contributed by atoms with Crippen molar-refractivity contribution in [1.82, 2.24) is 9.97 Å². The van der Waals surface area contributed by atoms with Crippen molar-refractivity contribution >= 4 is 0 Å². The molecule has 0 aliphatic heterocycles. The van der Waals surface area contributed by atoms with Gasteiger partial charge in [0.25, 0.3) is 0 Å². The number of hydrogen-bond donors (Lipinski definition) is 2. The topological polar surface area (TPSA) is 54.7 Å². The SMILES string of the molecule is NC1CCCc2[nH]c(CCC(F)(F)F)nc21. The highest BCUT2D eigenvalue weighted by Gasteiger charge is 2.28. The highest BCUT2D eigenvalue weighted by molar-refractivity contribution is 5.21. The van der Waals surface area contributed by atoms with E-state index in [1.807, 2.05) is 0 Å². The Kier molecular flexibility index (Phi) is 2.92. The van der Waals surface area contributed by atoms with Gasteiger partial charge in [-0.15, -0.1) is 0 Å². The molecule has 0 radical (unpaired) electrons. The average Bonchev–Trinajstić information content (AvgIpc) is 2.58. The summed E-state index contributed by atoms with van der Waals surface area (Å²) >= 11 is 0. The number of imidazole rings is 1. The average molecular weight is 233 g/mol. The minimum Gasteiger partial charge on any atom is -0.346 e. The number of nitrogens with zero attached hydrogens (tertiary/aromatic N) is 1. The van der Waals surface area contributed by atoms with Crippen LogP contribution in [0.4, 0.5) is 13.2 Å².